The van der Waals surface area contributed by atoms with Gasteiger partial charge in [-0.2, -0.15) is 0 Å². The smallest absolute Gasteiger partial charge is 0.257 e. The number of hydrogen-bond acceptors (Lipinski definition) is 6. The Labute approximate surface area is 199 Å². The number of amides is 2. The highest BCUT2D eigenvalue weighted by Gasteiger charge is 2.30. The van der Waals surface area contributed by atoms with Crippen molar-refractivity contribution in [1.29, 1.82) is 0 Å². The lowest BCUT2D eigenvalue weighted by molar-refractivity contribution is -0.137. The van der Waals surface area contributed by atoms with Crippen LogP contribution in [0.2, 0.25) is 0 Å². The fourth-order valence-corrected chi connectivity index (χ4v) is 5.76. The van der Waals surface area contributed by atoms with Gasteiger partial charge in [-0.05, 0) is 68.8 Å². The van der Waals surface area contributed by atoms with Crippen LogP contribution in [0.15, 0.2) is 21.1 Å². The standard InChI is InChI=1S/C21H30Br2N4O4/c1-14(10-15-11-17(22)20(29)18(23)12-15)21(30)27-8-6-26(7-9-27)16-2-4-25(5-3-16)13-19(28)24-31/h11-12,14,16,29,31H,2-10,13H2,1H3,(H,24,28)/t14-/m1/s1. The summed E-state index contributed by atoms with van der Waals surface area (Å²) >= 11 is 6.70. The van der Waals surface area contributed by atoms with Crippen molar-refractivity contribution in [2.45, 2.75) is 32.2 Å². The Balaban J connectivity index is 1.45. The SMILES string of the molecule is C[C@H](Cc1cc(Br)c(O)c(Br)c1)C(=O)N1CCN(C2CCN(CC(=O)NO)CC2)CC1. The van der Waals surface area contributed by atoms with Crippen molar-refractivity contribution in [3.05, 3.63) is 26.6 Å². The summed E-state index contributed by atoms with van der Waals surface area (Å²) in [6, 6.07) is 4.20. The number of hydroxylamine groups is 1. The van der Waals surface area contributed by atoms with Gasteiger partial charge in [0.05, 0.1) is 15.5 Å². The van der Waals surface area contributed by atoms with E-state index in [-0.39, 0.29) is 30.0 Å². The number of benzene rings is 1. The zero-order valence-electron chi connectivity index (χ0n) is 17.7. The quantitative estimate of drug-likeness (QED) is 0.364. The van der Waals surface area contributed by atoms with Gasteiger partial charge < -0.3 is 10.0 Å². The molecule has 0 aromatic heterocycles. The van der Waals surface area contributed by atoms with E-state index in [1.807, 2.05) is 24.0 Å². The topological polar surface area (TPSA) is 96.4 Å². The second kappa shape index (κ2) is 11.1. The van der Waals surface area contributed by atoms with Gasteiger partial charge in [-0.15, -0.1) is 0 Å². The molecule has 1 atom stereocenters. The van der Waals surface area contributed by atoms with Crippen LogP contribution in [0.4, 0.5) is 0 Å². The van der Waals surface area contributed by atoms with Gasteiger partial charge in [-0.3, -0.25) is 24.6 Å². The zero-order valence-corrected chi connectivity index (χ0v) is 20.9. The molecule has 8 nitrogen and oxygen atoms in total. The molecule has 2 aliphatic rings. The number of nitrogens with one attached hydrogen (secondary N) is 1. The maximum absolute atomic E-state index is 13.0. The highest BCUT2D eigenvalue weighted by atomic mass is 79.9. The predicted molar refractivity (Wildman–Crippen MR) is 124 cm³/mol. The number of piperazine rings is 1. The monoisotopic (exact) mass is 560 g/mol. The number of carbonyl (C=O) groups is 2. The van der Waals surface area contributed by atoms with Crippen molar-refractivity contribution in [2.24, 2.45) is 5.92 Å². The highest BCUT2D eigenvalue weighted by Crippen LogP contribution is 2.34. The number of likely N-dealkylation sites (tertiary alicyclic amines) is 1. The van der Waals surface area contributed by atoms with E-state index in [1.165, 1.54) is 0 Å². The van der Waals surface area contributed by atoms with E-state index >= 15 is 0 Å². The van der Waals surface area contributed by atoms with Crippen LogP contribution in [0.1, 0.15) is 25.3 Å². The maximum atomic E-state index is 13.0. The molecule has 3 N–H and O–H groups in total. The molecule has 1 aromatic rings. The highest BCUT2D eigenvalue weighted by molar-refractivity contribution is 9.11. The molecular formula is C21H30Br2N4O4. The largest absolute Gasteiger partial charge is 0.506 e. The van der Waals surface area contributed by atoms with E-state index in [9.17, 15) is 14.7 Å². The maximum Gasteiger partial charge on any atom is 0.257 e. The van der Waals surface area contributed by atoms with Gasteiger partial charge in [-0.25, -0.2) is 5.48 Å². The molecule has 2 amide bonds. The Hall–Kier alpha value is -1.20. The minimum Gasteiger partial charge on any atom is -0.506 e. The van der Waals surface area contributed by atoms with Crippen molar-refractivity contribution >= 4 is 43.7 Å². The van der Waals surface area contributed by atoms with E-state index in [0.29, 0.717) is 21.4 Å². The molecule has 10 heteroatoms. The van der Waals surface area contributed by atoms with Gasteiger partial charge >= 0.3 is 0 Å². The summed E-state index contributed by atoms with van der Waals surface area (Å²) < 4.78 is 1.24. The molecule has 3 rings (SSSR count). The number of piperidine rings is 1. The number of hydrogen-bond donors (Lipinski definition) is 3. The van der Waals surface area contributed by atoms with Crippen molar-refractivity contribution < 1.29 is 19.9 Å². The summed E-state index contributed by atoms with van der Waals surface area (Å²) in [5.74, 6) is -0.159. The third-order valence-electron chi connectivity index (χ3n) is 6.23. The van der Waals surface area contributed by atoms with Gasteiger partial charge in [0.25, 0.3) is 5.91 Å². The van der Waals surface area contributed by atoms with E-state index in [2.05, 4.69) is 41.7 Å². The Kier molecular flexibility index (Phi) is 8.74. The van der Waals surface area contributed by atoms with Crippen LogP contribution in [0.25, 0.3) is 0 Å². The first kappa shape index (κ1) is 24.4. The minimum atomic E-state index is -0.369. The van der Waals surface area contributed by atoms with Crippen LogP contribution in [-0.4, -0.2) is 88.7 Å². The molecule has 1 aromatic carbocycles. The number of phenols is 1. The van der Waals surface area contributed by atoms with Crippen molar-refractivity contribution in [2.75, 3.05) is 45.8 Å². The lowest BCUT2D eigenvalue weighted by atomic mass is 9.98. The first-order valence-electron chi connectivity index (χ1n) is 10.6. The normalized spacial score (nSPS) is 19.9. The predicted octanol–water partition coefficient (Wildman–Crippen LogP) is 2.21. The second-order valence-electron chi connectivity index (χ2n) is 8.42. The Morgan fingerprint density at radius 3 is 2.23 bits per heavy atom. The molecule has 0 unspecified atom stereocenters. The molecule has 2 fully saturated rings. The molecular weight excluding hydrogens is 532 g/mol. The molecule has 0 spiro atoms. The van der Waals surface area contributed by atoms with E-state index < -0.39 is 0 Å². The van der Waals surface area contributed by atoms with E-state index in [1.54, 1.807) is 5.48 Å². The average molecular weight is 562 g/mol. The molecule has 2 saturated heterocycles. The van der Waals surface area contributed by atoms with Crippen molar-refractivity contribution in [3.8, 4) is 5.75 Å². The van der Waals surface area contributed by atoms with Crippen LogP contribution in [0, 0.1) is 5.92 Å². The van der Waals surface area contributed by atoms with Crippen molar-refractivity contribution in [3.63, 3.8) is 0 Å². The van der Waals surface area contributed by atoms with Gasteiger partial charge in [0, 0.05) is 51.2 Å². The molecule has 172 valence electrons. The number of nitrogens with zero attached hydrogens (tertiary/aromatic N) is 3. The van der Waals surface area contributed by atoms with Gasteiger partial charge in [0.15, 0.2) is 0 Å². The Morgan fingerprint density at radius 1 is 1.10 bits per heavy atom. The molecule has 31 heavy (non-hydrogen) atoms. The molecule has 0 radical (unpaired) electrons. The van der Waals surface area contributed by atoms with E-state index in [4.69, 9.17) is 5.21 Å². The lowest BCUT2D eigenvalue weighted by Gasteiger charge is -2.43. The second-order valence-corrected chi connectivity index (χ2v) is 10.1. The fourth-order valence-electron chi connectivity index (χ4n) is 4.48. The number of aromatic hydroxyl groups is 1. The first-order valence-corrected chi connectivity index (χ1v) is 12.2. The molecule has 2 heterocycles. The van der Waals surface area contributed by atoms with Gasteiger partial charge in [-0.1, -0.05) is 6.92 Å². The van der Waals surface area contributed by atoms with Crippen LogP contribution < -0.4 is 5.48 Å². The van der Waals surface area contributed by atoms with Gasteiger partial charge in [0.2, 0.25) is 5.91 Å². The number of phenolic OH excluding ortho intramolecular Hbond substituents is 1. The minimum absolute atomic E-state index is 0.129. The molecule has 0 bridgehead atoms. The number of carbonyl (C=O) groups excluding carboxylic acids is 2. The molecule has 0 saturated carbocycles. The average Bonchev–Trinajstić information content (AvgIpc) is 2.77. The third kappa shape index (κ3) is 6.41. The Bertz CT molecular complexity index is 771. The van der Waals surface area contributed by atoms with Gasteiger partial charge in [0.1, 0.15) is 5.75 Å². The summed E-state index contributed by atoms with van der Waals surface area (Å²) in [5.41, 5.74) is 2.69. The number of halogens is 2. The lowest BCUT2D eigenvalue weighted by Crippen LogP contribution is -2.55. The van der Waals surface area contributed by atoms with Crippen LogP contribution in [0.5, 0.6) is 5.75 Å². The van der Waals surface area contributed by atoms with E-state index in [0.717, 1.165) is 57.7 Å². The molecule has 2 aliphatic heterocycles. The zero-order chi connectivity index (χ0) is 22.5. The van der Waals surface area contributed by atoms with Crippen LogP contribution >= 0.6 is 31.9 Å². The molecule has 0 aliphatic carbocycles. The fraction of sp³-hybridized carbons (Fsp3) is 0.619. The van der Waals surface area contributed by atoms with Crippen molar-refractivity contribution in [1.82, 2.24) is 20.2 Å². The third-order valence-corrected chi connectivity index (χ3v) is 7.44. The Morgan fingerprint density at radius 2 is 1.68 bits per heavy atom. The first-order chi connectivity index (χ1) is 14.8. The number of rotatable bonds is 6. The summed E-state index contributed by atoms with van der Waals surface area (Å²) in [5, 5.41) is 18.5. The summed E-state index contributed by atoms with van der Waals surface area (Å²) in [7, 11) is 0. The van der Waals surface area contributed by atoms with Crippen LogP contribution in [-0.2, 0) is 16.0 Å². The summed E-state index contributed by atoms with van der Waals surface area (Å²) in [4.78, 5) is 30.8. The summed E-state index contributed by atoms with van der Waals surface area (Å²) in [6.45, 7) is 7.09. The summed E-state index contributed by atoms with van der Waals surface area (Å²) in [6.07, 6.45) is 2.61. The van der Waals surface area contributed by atoms with Crippen LogP contribution in [0.3, 0.4) is 0 Å².